The van der Waals surface area contributed by atoms with Crippen LogP contribution in [0.2, 0.25) is 5.02 Å². The van der Waals surface area contributed by atoms with Crippen LogP contribution in [0.3, 0.4) is 0 Å². The molecule has 1 N–H and O–H groups in total. The molecule has 0 fully saturated rings. The maximum Gasteiger partial charge on any atom is 0.262 e. The predicted molar refractivity (Wildman–Crippen MR) is 110 cm³/mol. The highest BCUT2D eigenvalue weighted by molar-refractivity contribution is 7.99. The fourth-order valence-electron chi connectivity index (χ4n) is 3.01. The van der Waals surface area contributed by atoms with Crippen molar-refractivity contribution in [2.24, 2.45) is 0 Å². The molecule has 0 aliphatic carbocycles. The molecular weight excluding hydrogens is 402 g/mol. The summed E-state index contributed by atoms with van der Waals surface area (Å²) in [5.74, 6) is 1.06. The number of imidazole rings is 1. The molecule has 27 heavy (non-hydrogen) atoms. The molecule has 2 aromatic carbocycles. The van der Waals surface area contributed by atoms with Crippen LogP contribution in [-0.4, -0.2) is 23.7 Å². The fraction of sp³-hybridized carbons (Fsp3) is 0.211. The van der Waals surface area contributed by atoms with Gasteiger partial charge >= 0.3 is 0 Å². The van der Waals surface area contributed by atoms with Gasteiger partial charge in [-0.05, 0) is 49.2 Å². The molecule has 140 valence electrons. The van der Waals surface area contributed by atoms with Crippen molar-refractivity contribution < 1.29 is 8.42 Å². The van der Waals surface area contributed by atoms with Crippen LogP contribution in [-0.2, 0) is 16.6 Å². The van der Waals surface area contributed by atoms with Crippen LogP contribution < -0.4 is 4.72 Å². The Kier molecular flexibility index (Phi) is 4.70. The summed E-state index contributed by atoms with van der Waals surface area (Å²) in [6, 6.07) is 10.5. The highest BCUT2D eigenvalue weighted by Gasteiger charge is 2.19. The third-order valence-corrected chi connectivity index (χ3v) is 7.38. The molecule has 0 bridgehead atoms. The van der Waals surface area contributed by atoms with Gasteiger partial charge in [0.1, 0.15) is 0 Å². The minimum Gasteiger partial charge on any atom is -0.325 e. The standard InChI is InChI=1S/C19H18ClN3O2S2/c1-12-10-18(13(2)9-16(12)20)27(24,25)22-15-5-3-14(4-6-15)17-11-23-7-8-26-19(23)21-17/h3-6,9-11,22H,7-8H2,1-2H3. The molecule has 0 spiro atoms. The predicted octanol–water partition coefficient (Wildman–Crippen LogP) is 4.73. The van der Waals surface area contributed by atoms with Crippen molar-refractivity contribution in [1.82, 2.24) is 9.55 Å². The second kappa shape index (κ2) is 6.89. The van der Waals surface area contributed by atoms with E-state index in [-0.39, 0.29) is 4.90 Å². The topological polar surface area (TPSA) is 64.0 Å². The molecule has 5 nitrogen and oxygen atoms in total. The number of halogens is 1. The molecule has 1 aliphatic heterocycles. The second-order valence-corrected chi connectivity index (χ2v) is 9.62. The molecule has 0 radical (unpaired) electrons. The Hall–Kier alpha value is -1.96. The average Bonchev–Trinajstić information content (AvgIpc) is 3.20. The number of hydrogen-bond donors (Lipinski definition) is 1. The van der Waals surface area contributed by atoms with E-state index in [1.807, 2.05) is 18.3 Å². The number of rotatable bonds is 4. The van der Waals surface area contributed by atoms with Crippen molar-refractivity contribution in [2.75, 3.05) is 10.5 Å². The number of benzene rings is 2. The zero-order valence-electron chi connectivity index (χ0n) is 14.9. The SMILES string of the molecule is Cc1cc(S(=O)(=O)Nc2ccc(-c3cn4c(n3)SCC4)cc2)c(C)cc1Cl. The first-order chi connectivity index (χ1) is 12.8. The normalized spacial score (nSPS) is 13.6. The van der Waals surface area contributed by atoms with Crippen LogP contribution >= 0.6 is 23.4 Å². The van der Waals surface area contributed by atoms with Gasteiger partial charge in [-0.15, -0.1) is 0 Å². The van der Waals surface area contributed by atoms with Crippen LogP contribution in [0.1, 0.15) is 11.1 Å². The van der Waals surface area contributed by atoms with Crippen LogP contribution in [0, 0.1) is 13.8 Å². The van der Waals surface area contributed by atoms with Crippen molar-refractivity contribution in [1.29, 1.82) is 0 Å². The Morgan fingerprint density at radius 1 is 1.15 bits per heavy atom. The van der Waals surface area contributed by atoms with Gasteiger partial charge in [-0.2, -0.15) is 0 Å². The minimum atomic E-state index is -3.69. The van der Waals surface area contributed by atoms with Crippen molar-refractivity contribution >= 4 is 39.1 Å². The number of aromatic nitrogens is 2. The highest BCUT2D eigenvalue weighted by atomic mass is 35.5. The van der Waals surface area contributed by atoms with Gasteiger partial charge in [-0.25, -0.2) is 13.4 Å². The largest absolute Gasteiger partial charge is 0.325 e. The first-order valence-electron chi connectivity index (χ1n) is 8.43. The maximum absolute atomic E-state index is 12.8. The van der Waals surface area contributed by atoms with E-state index >= 15 is 0 Å². The number of sulfonamides is 1. The van der Waals surface area contributed by atoms with E-state index in [4.69, 9.17) is 11.6 Å². The molecule has 0 atom stereocenters. The van der Waals surface area contributed by atoms with Crippen molar-refractivity contribution in [2.45, 2.75) is 30.4 Å². The summed E-state index contributed by atoms with van der Waals surface area (Å²) in [5, 5.41) is 1.59. The summed E-state index contributed by atoms with van der Waals surface area (Å²) in [6.07, 6.45) is 2.04. The van der Waals surface area contributed by atoms with Gasteiger partial charge in [0.15, 0.2) is 5.16 Å². The molecule has 4 rings (SSSR count). The number of aryl methyl sites for hydroxylation is 3. The first kappa shape index (κ1) is 18.4. The molecule has 1 aliphatic rings. The van der Waals surface area contributed by atoms with E-state index in [0.29, 0.717) is 16.3 Å². The quantitative estimate of drug-likeness (QED) is 0.664. The van der Waals surface area contributed by atoms with E-state index in [9.17, 15) is 8.42 Å². The second-order valence-electron chi connectivity index (χ2n) is 6.50. The van der Waals surface area contributed by atoms with E-state index in [0.717, 1.165) is 34.3 Å². The Morgan fingerprint density at radius 2 is 1.89 bits per heavy atom. The van der Waals surface area contributed by atoms with E-state index < -0.39 is 10.0 Å². The van der Waals surface area contributed by atoms with Gasteiger partial charge < -0.3 is 4.57 Å². The van der Waals surface area contributed by atoms with Gasteiger partial charge in [0, 0.05) is 34.8 Å². The molecule has 8 heteroatoms. The third-order valence-electron chi connectivity index (χ3n) is 4.48. The lowest BCUT2D eigenvalue weighted by atomic mass is 10.1. The van der Waals surface area contributed by atoms with Crippen molar-refractivity contribution in [3.63, 3.8) is 0 Å². The smallest absolute Gasteiger partial charge is 0.262 e. The van der Waals surface area contributed by atoms with E-state index in [1.54, 1.807) is 49.9 Å². The summed E-state index contributed by atoms with van der Waals surface area (Å²) in [5.41, 5.74) is 3.70. The van der Waals surface area contributed by atoms with Gasteiger partial charge in [0.05, 0.1) is 10.6 Å². The van der Waals surface area contributed by atoms with Gasteiger partial charge in [-0.1, -0.05) is 35.5 Å². The zero-order chi connectivity index (χ0) is 19.2. The molecule has 2 heterocycles. The summed E-state index contributed by atoms with van der Waals surface area (Å²) in [4.78, 5) is 4.85. The van der Waals surface area contributed by atoms with Crippen LogP contribution in [0.15, 0.2) is 52.6 Å². The van der Waals surface area contributed by atoms with Gasteiger partial charge in [-0.3, -0.25) is 4.72 Å². The number of hydrogen-bond acceptors (Lipinski definition) is 4. The number of nitrogens with one attached hydrogen (secondary N) is 1. The molecule has 0 saturated carbocycles. The van der Waals surface area contributed by atoms with Crippen molar-refractivity contribution in [3.05, 3.63) is 58.7 Å². The Labute approximate surface area is 167 Å². The molecular formula is C19H18ClN3O2S2. The summed E-state index contributed by atoms with van der Waals surface area (Å²) >= 11 is 7.82. The first-order valence-corrected chi connectivity index (χ1v) is 11.3. The molecule has 3 aromatic rings. The molecule has 0 amide bonds. The van der Waals surface area contributed by atoms with Gasteiger partial charge in [0.2, 0.25) is 0 Å². The Bertz CT molecular complexity index is 1100. The maximum atomic E-state index is 12.8. The minimum absolute atomic E-state index is 0.232. The van der Waals surface area contributed by atoms with Crippen LogP contribution in [0.25, 0.3) is 11.3 Å². The zero-order valence-corrected chi connectivity index (χ0v) is 17.2. The van der Waals surface area contributed by atoms with Crippen LogP contribution in [0.4, 0.5) is 5.69 Å². The van der Waals surface area contributed by atoms with E-state index in [1.165, 1.54) is 0 Å². The van der Waals surface area contributed by atoms with E-state index in [2.05, 4.69) is 14.3 Å². The number of fused-ring (bicyclic) bond motifs is 1. The lowest BCUT2D eigenvalue weighted by Gasteiger charge is -2.12. The molecule has 0 unspecified atom stereocenters. The summed E-state index contributed by atoms with van der Waals surface area (Å²) < 4.78 is 30.3. The third kappa shape index (κ3) is 3.59. The molecule has 0 saturated heterocycles. The Balaban J connectivity index is 1.58. The Morgan fingerprint density at radius 3 is 2.59 bits per heavy atom. The van der Waals surface area contributed by atoms with Crippen molar-refractivity contribution in [3.8, 4) is 11.3 Å². The summed E-state index contributed by atoms with van der Waals surface area (Å²) in [7, 11) is -3.69. The monoisotopic (exact) mass is 419 g/mol. The lowest BCUT2D eigenvalue weighted by molar-refractivity contribution is 0.600. The van der Waals surface area contributed by atoms with Gasteiger partial charge in [0.25, 0.3) is 10.0 Å². The fourth-order valence-corrected chi connectivity index (χ4v) is 5.54. The lowest BCUT2D eigenvalue weighted by Crippen LogP contribution is -2.14. The summed E-state index contributed by atoms with van der Waals surface area (Å²) in [6.45, 7) is 4.50. The number of anilines is 1. The number of nitrogens with zero attached hydrogens (tertiary/aromatic N) is 2. The average molecular weight is 420 g/mol. The molecule has 1 aromatic heterocycles. The highest BCUT2D eigenvalue weighted by Crippen LogP contribution is 2.30. The van der Waals surface area contributed by atoms with Crippen LogP contribution in [0.5, 0.6) is 0 Å². The number of thioether (sulfide) groups is 1.